The molecule has 24 heavy (non-hydrogen) atoms. The molecule has 0 atom stereocenters. The Morgan fingerprint density at radius 2 is 1.79 bits per heavy atom. The van der Waals surface area contributed by atoms with Crippen molar-refractivity contribution in [3.8, 4) is 0 Å². The minimum atomic E-state index is 0. The van der Waals surface area contributed by atoms with E-state index in [9.17, 15) is 0 Å². The van der Waals surface area contributed by atoms with Gasteiger partial charge in [0.2, 0.25) is 0 Å². The average molecular weight is 479 g/mol. The molecule has 0 bridgehead atoms. The lowest BCUT2D eigenvalue weighted by Gasteiger charge is -2.10. The molecule has 0 aliphatic rings. The largest absolute Gasteiger partial charge is 0.357 e. The van der Waals surface area contributed by atoms with Gasteiger partial charge in [-0.15, -0.1) is 46.7 Å². The van der Waals surface area contributed by atoms with Gasteiger partial charge in [-0.05, 0) is 34.6 Å². The molecular weight excluding hydrogens is 453 g/mol. The van der Waals surface area contributed by atoms with Crippen molar-refractivity contribution in [2.45, 2.75) is 47.6 Å². The van der Waals surface area contributed by atoms with E-state index in [4.69, 9.17) is 0 Å². The number of hydrogen-bond donors (Lipinski definition) is 2. The van der Waals surface area contributed by atoms with E-state index >= 15 is 0 Å². The number of nitrogens with zero attached hydrogens (tertiary/aromatic N) is 3. The fourth-order valence-electron chi connectivity index (χ4n) is 2.20. The molecule has 0 saturated carbocycles. The molecule has 2 aromatic rings. The lowest BCUT2D eigenvalue weighted by atomic mass is 10.3. The first-order valence-corrected chi connectivity index (χ1v) is 9.51. The maximum atomic E-state index is 4.63. The summed E-state index contributed by atoms with van der Waals surface area (Å²) in [4.78, 5) is 16.2. The van der Waals surface area contributed by atoms with Gasteiger partial charge in [0, 0.05) is 29.3 Å². The van der Waals surface area contributed by atoms with E-state index in [1.807, 2.05) is 6.92 Å². The second kappa shape index (κ2) is 10.3. The zero-order valence-electron chi connectivity index (χ0n) is 14.9. The molecule has 8 heteroatoms. The van der Waals surface area contributed by atoms with Crippen molar-refractivity contribution in [3.05, 3.63) is 31.2 Å². The van der Waals surface area contributed by atoms with E-state index in [0.29, 0.717) is 6.54 Å². The fourth-order valence-corrected chi connectivity index (χ4v) is 3.99. The van der Waals surface area contributed by atoms with Gasteiger partial charge in [0.25, 0.3) is 0 Å². The maximum absolute atomic E-state index is 4.63. The van der Waals surface area contributed by atoms with Crippen molar-refractivity contribution in [2.75, 3.05) is 13.1 Å². The highest BCUT2D eigenvalue weighted by molar-refractivity contribution is 14.0. The number of guanidine groups is 1. The summed E-state index contributed by atoms with van der Waals surface area (Å²) >= 11 is 3.49. The minimum absolute atomic E-state index is 0. The van der Waals surface area contributed by atoms with E-state index in [1.165, 1.54) is 9.75 Å². The van der Waals surface area contributed by atoms with E-state index in [1.54, 1.807) is 22.7 Å². The van der Waals surface area contributed by atoms with Crippen molar-refractivity contribution in [2.24, 2.45) is 4.99 Å². The van der Waals surface area contributed by atoms with Crippen LogP contribution in [0.25, 0.3) is 0 Å². The van der Waals surface area contributed by atoms with Gasteiger partial charge >= 0.3 is 0 Å². The number of aryl methyl sites for hydroxylation is 4. The zero-order chi connectivity index (χ0) is 16.8. The van der Waals surface area contributed by atoms with Crippen molar-refractivity contribution in [1.82, 2.24) is 20.6 Å². The van der Waals surface area contributed by atoms with Gasteiger partial charge in [0.05, 0.1) is 22.9 Å². The van der Waals surface area contributed by atoms with Crippen LogP contribution in [0.5, 0.6) is 0 Å². The monoisotopic (exact) mass is 479 g/mol. The Bertz CT molecular complexity index is 659. The average Bonchev–Trinajstić information content (AvgIpc) is 2.98. The van der Waals surface area contributed by atoms with E-state index in [2.05, 4.69) is 53.3 Å². The van der Waals surface area contributed by atoms with Gasteiger partial charge in [-0.1, -0.05) is 0 Å². The summed E-state index contributed by atoms with van der Waals surface area (Å²) in [6.07, 6.45) is 0.969. The topological polar surface area (TPSA) is 62.2 Å². The lowest BCUT2D eigenvalue weighted by molar-refractivity contribution is 0.800. The number of halogens is 1. The Hall–Kier alpha value is -0.740. The Morgan fingerprint density at radius 3 is 2.33 bits per heavy atom. The summed E-state index contributed by atoms with van der Waals surface area (Å²) in [5, 5.41) is 8.87. The van der Waals surface area contributed by atoms with Crippen molar-refractivity contribution in [3.63, 3.8) is 0 Å². The highest BCUT2D eigenvalue weighted by atomic mass is 127. The summed E-state index contributed by atoms with van der Waals surface area (Å²) in [7, 11) is 0. The fraction of sp³-hybridized carbons (Fsp3) is 0.562. The van der Waals surface area contributed by atoms with Crippen LogP contribution in [-0.2, 0) is 13.0 Å². The molecule has 134 valence electrons. The molecule has 0 amide bonds. The lowest BCUT2D eigenvalue weighted by Crippen LogP contribution is -2.38. The molecule has 2 heterocycles. The SMILES string of the molecule is CCNC(=NCc1nc(C)c(C)s1)NCCc1sc(C)nc1C.I. The van der Waals surface area contributed by atoms with Gasteiger partial charge in [-0.2, -0.15) is 0 Å². The Kier molecular flexibility index (Phi) is 9.14. The zero-order valence-corrected chi connectivity index (χ0v) is 18.9. The van der Waals surface area contributed by atoms with Gasteiger partial charge in [0.1, 0.15) is 5.01 Å². The van der Waals surface area contributed by atoms with Crippen molar-refractivity contribution in [1.29, 1.82) is 0 Å². The number of aromatic nitrogens is 2. The maximum Gasteiger partial charge on any atom is 0.191 e. The first-order valence-electron chi connectivity index (χ1n) is 7.87. The quantitative estimate of drug-likeness (QED) is 0.377. The highest BCUT2D eigenvalue weighted by Gasteiger charge is 2.06. The van der Waals surface area contributed by atoms with Crippen LogP contribution in [0, 0.1) is 27.7 Å². The number of aliphatic imine (C=N–C) groups is 1. The third-order valence-corrected chi connectivity index (χ3v) is 5.62. The van der Waals surface area contributed by atoms with E-state index < -0.39 is 0 Å². The Morgan fingerprint density at radius 1 is 1.04 bits per heavy atom. The summed E-state index contributed by atoms with van der Waals surface area (Å²) in [5.74, 6) is 0.844. The molecule has 2 aromatic heterocycles. The summed E-state index contributed by atoms with van der Waals surface area (Å²) in [6.45, 7) is 12.7. The van der Waals surface area contributed by atoms with Crippen LogP contribution < -0.4 is 10.6 Å². The van der Waals surface area contributed by atoms with Crippen LogP contribution in [0.4, 0.5) is 0 Å². The van der Waals surface area contributed by atoms with Crippen molar-refractivity contribution < 1.29 is 0 Å². The molecular formula is C16H26IN5S2. The number of rotatable bonds is 6. The Balaban J connectivity index is 0.00000288. The number of thiazole rings is 2. The number of nitrogens with one attached hydrogen (secondary N) is 2. The third kappa shape index (κ3) is 6.29. The standard InChI is InChI=1S/C16H25N5S2.HI/c1-6-17-16(19-9-15-21-10(2)12(4)22-15)18-8-7-14-11(3)20-13(5)23-14;/h6-9H2,1-5H3,(H2,17,18,19);1H. The highest BCUT2D eigenvalue weighted by Crippen LogP contribution is 2.18. The first kappa shape index (κ1) is 21.3. The third-order valence-electron chi connectivity index (χ3n) is 3.43. The molecule has 0 aromatic carbocycles. The molecule has 0 spiro atoms. The van der Waals surface area contributed by atoms with Crippen LogP contribution in [0.1, 0.15) is 38.1 Å². The van der Waals surface area contributed by atoms with E-state index in [-0.39, 0.29) is 24.0 Å². The summed E-state index contributed by atoms with van der Waals surface area (Å²) in [6, 6.07) is 0. The summed E-state index contributed by atoms with van der Waals surface area (Å²) < 4.78 is 0. The van der Waals surface area contributed by atoms with Crippen molar-refractivity contribution >= 4 is 52.6 Å². The number of hydrogen-bond acceptors (Lipinski definition) is 5. The minimum Gasteiger partial charge on any atom is -0.357 e. The van der Waals surface area contributed by atoms with Crippen LogP contribution in [-0.4, -0.2) is 29.0 Å². The molecule has 0 saturated heterocycles. The molecule has 0 fully saturated rings. The second-order valence-electron chi connectivity index (χ2n) is 5.36. The molecule has 0 unspecified atom stereocenters. The van der Waals surface area contributed by atoms with Crippen LogP contribution >= 0.6 is 46.7 Å². The van der Waals surface area contributed by atoms with Gasteiger partial charge in [-0.25, -0.2) is 15.0 Å². The van der Waals surface area contributed by atoms with Gasteiger partial charge in [0.15, 0.2) is 5.96 Å². The molecule has 0 aliphatic heterocycles. The summed E-state index contributed by atoms with van der Waals surface area (Å²) in [5.41, 5.74) is 2.25. The molecule has 0 aliphatic carbocycles. The van der Waals surface area contributed by atoms with Gasteiger partial charge in [-0.3, -0.25) is 0 Å². The molecule has 5 nitrogen and oxygen atoms in total. The molecule has 0 radical (unpaired) electrons. The second-order valence-corrected chi connectivity index (χ2v) is 7.94. The molecule has 2 N–H and O–H groups in total. The Labute approximate surface area is 169 Å². The predicted molar refractivity (Wildman–Crippen MR) is 115 cm³/mol. The first-order chi connectivity index (χ1) is 11.0. The van der Waals surface area contributed by atoms with Crippen LogP contribution in [0.15, 0.2) is 4.99 Å². The normalized spacial score (nSPS) is 11.3. The van der Waals surface area contributed by atoms with E-state index in [0.717, 1.165) is 46.9 Å². The van der Waals surface area contributed by atoms with Crippen LogP contribution in [0.3, 0.4) is 0 Å². The predicted octanol–water partition coefficient (Wildman–Crippen LogP) is 3.75. The molecule has 2 rings (SSSR count). The van der Waals surface area contributed by atoms with Gasteiger partial charge < -0.3 is 10.6 Å². The smallest absolute Gasteiger partial charge is 0.191 e. The van der Waals surface area contributed by atoms with Crippen LogP contribution in [0.2, 0.25) is 0 Å².